The van der Waals surface area contributed by atoms with Crippen LogP contribution in [0.4, 0.5) is 14.5 Å². The third kappa shape index (κ3) is 3.01. The summed E-state index contributed by atoms with van der Waals surface area (Å²) in [6.07, 6.45) is 0. The van der Waals surface area contributed by atoms with E-state index in [2.05, 4.69) is 0 Å². The average molecular weight is 269 g/mol. The third-order valence-corrected chi connectivity index (χ3v) is 3.23. The molecule has 2 N–H and O–H groups in total. The molecule has 0 aromatic heterocycles. The zero-order valence-corrected chi connectivity index (χ0v) is 10.8. The number of benzene rings is 1. The molecule has 1 aromatic rings. The first-order valence-electron chi connectivity index (χ1n) is 6.23. The van der Waals surface area contributed by atoms with Gasteiger partial charge in [-0.25, -0.2) is 8.78 Å². The molecule has 0 saturated carbocycles. The lowest BCUT2D eigenvalue weighted by molar-refractivity contribution is -0.132. The highest BCUT2D eigenvalue weighted by Crippen LogP contribution is 2.21. The van der Waals surface area contributed by atoms with E-state index in [4.69, 9.17) is 5.73 Å². The summed E-state index contributed by atoms with van der Waals surface area (Å²) in [5.41, 5.74) is 5.79. The number of hydrogen-bond donors (Lipinski definition) is 1. The molecule has 104 valence electrons. The van der Waals surface area contributed by atoms with Crippen molar-refractivity contribution in [2.45, 2.75) is 13.0 Å². The Bertz CT molecular complexity index is 471. The van der Waals surface area contributed by atoms with Crippen LogP contribution in [0.15, 0.2) is 18.2 Å². The minimum absolute atomic E-state index is 0.112. The quantitative estimate of drug-likeness (QED) is 0.870. The van der Waals surface area contributed by atoms with Crippen molar-refractivity contribution in [3.8, 4) is 0 Å². The van der Waals surface area contributed by atoms with E-state index in [1.807, 2.05) is 0 Å². The summed E-state index contributed by atoms with van der Waals surface area (Å²) in [4.78, 5) is 15.1. The lowest BCUT2D eigenvalue weighted by atomic mass is 10.2. The Kier molecular flexibility index (Phi) is 3.99. The Morgan fingerprint density at radius 1 is 1.26 bits per heavy atom. The van der Waals surface area contributed by atoms with Gasteiger partial charge in [0.25, 0.3) is 0 Å². The number of amides is 1. The Morgan fingerprint density at radius 2 is 1.89 bits per heavy atom. The van der Waals surface area contributed by atoms with Crippen molar-refractivity contribution >= 4 is 11.6 Å². The highest BCUT2D eigenvalue weighted by molar-refractivity contribution is 5.81. The standard InChI is InChI=1S/C13H17F2N3O/c1-9(16)13(19)18-6-4-17(5-7-18)12-8-10(14)2-3-11(12)15/h2-3,8-9H,4-7,16H2,1H3/t9-/m1/s1. The molecule has 2 rings (SSSR count). The summed E-state index contributed by atoms with van der Waals surface area (Å²) in [6, 6.07) is 2.86. The number of carbonyl (C=O) groups is 1. The van der Waals surface area contributed by atoms with Crippen molar-refractivity contribution in [1.82, 2.24) is 4.90 Å². The number of nitrogens with two attached hydrogens (primary N) is 1. The summed E-state index contributed by atoms with van der Waals surface area (Å²) >= 11 is 0. The van der Waals surface area contributed by atoms with Gasteiger partial charge in [0.15, 0.2) is 0 Å². The summed E-state index contributed by atoms with van der Waals surface area (Å²) < 4.78 is 26.8. The van der Waals surface area contributed by atoms with Crippen molar-refractivity contribution in [2.75, 3.05) is 31.1 Å². The van der Waals surface area contributed by atoms with Crippen LogP contribution in [0.5, 0.6) is 0 Å². The lowest BCUT2D eigenvalue weighted by Gasteiger charge is -2.36. The fourth-order valence-electron chi connectivity index (χ4n) is 2.18. The van der Waals surface area contributed by atoms with E-state index in [1.54, 1.807) is 16.7 Å². The Balaban J connectivity index is 2.04. The zero-order chi connectivity index (χ0) is 14.0. The van der Waals surface area contributed by atoms with Crippen molar-refractivity contribution < 1.29 is 13.6 Å². The number of halogens is 2. The van der Waals surface area contributed by atoms with Gasteiger partial charge in [0.1, 0.15) is 11.6 Å². The predicted molar refractivity (Wildman–Crippen MR) is 68.8 cm³/mol. The number of nitrogens with zero attached hydrogens (tertiary/aromatic N) is 2. The Morgan fingerprint density at radius 3 is 2.47 bits per heavy atom. The van der Waals surface area contributed by atoms with Crippen LogP contribution in [0.25, 0.3) is 0 Å². The minimum atomic E-state index is -0.530. The van der Waals surface area contributed by atoms with Crippen LogP contribution < -0.4 is 10.6 Å². The van der Waals surface area contributed by atoms with Crippen LogP contribution in [-0.4, -0.2) is 43.0 Å². The molecule has 1 heterocycles. The molecule has 0 unspecified atom stereocenters. The molecule has 1 aliphatic heterocycles. The zero-order valence-electron chi connectivity index (χ0n) is 10.8. The van der Waals surface area contributed by atoms with Gasteiger partial charge in [-0.1, -0.05) is 0 Å². The number of piperazine rings is 1. The molecular weight excluding hydrogens is 252 g/mol. The van der Waals surface area contributed by atoms with E-state index < -0.39 is 17.7 Å². The maximum atomic E-state index is 13.6. The van der Waals surface area contributed by atoms with Gasteiger partial charge in [0, 0.05) is 32.2 Å². The van der Waals surface area contributed by atoms with Gasteiger partial charge < -0.3 is 15.5 Å². The summed E-state index contributed by atoms with van der Waals surface area (Å²) in [5.74, 6) is -1.03. The molecule has 1 aliphatic rings. The first kappa shape index (κ1) is 13.7. The van der Waals surface area contributed by atoms with Crippen LogP contribution in [0.3, 0.4) is 0 Å². The first-order chi connectivity index (χ1) is 8.99. The van der Waals surface area contributed by atoms with Gasteiger partial charge in [0.2, 0.25) is 5.91 Å². The van der Waals surface area contributed by atoms with Gasteiger partial charge in [-0.15, -0.1) is 0 Å². The van der Waals surface area contributed by atoms with E-state index >= 15 is 0 Å². The first-order valence-corrected chi connectivity index (χ1v) is 6.23. The Hall–Kier alpha value is -1.69. The van der Waals surface area contributed by atoms with Crippen LogP contribution >= 0.6 is 0 Å². The van der Waals surface area contributed by atoms with Gasteiger partial charge in [-0.05, 0) is 19.1 Å². The average Bonchev–Trinajstić information content (AvgIpc) is 2.41. The largest absolute Gasteiger partial charge is 0.366 e. The molecular formula is C13H17F2N3O. The van der Waals surface area contributed by atoms with Gasteiger partial charge in [0.05, 0.1) is 11.7 Å². The second-order valence-electron chi connectivity index (χ2n) is 4.70. The van der Waals surface area contributed by atoms with Gasteiger partial charge >= 0.3 is 0 Å². The SMILES string of the molecule is C[C@@H](N)C(=O)N1CCN(c2cc(F)ccc2F)CC1. The van der Waals surface area contributed by atoms with Gasteiger partial charge in [-0.3, -0.25) is 4.79 Å². The molecule has 1 fully saturated rings. The van der Waals surface area contributed by atoms with Crippen LogP contribution in [0.1, 0.15) is 6.92 Å². The summed E-state index contributed by atoms with van der Waals surface area (Å²) in [5, 5.41) is 0. The molecule has 0 aliphatic carbocycles. The highest BCUT2D eigenvalue weighted by atomic mass is 19.1. The van der Waals surface area contributed by atoms with Crippen molar-refractivity contribution in [2.24, 2.45) is 5.73 Å². The summed E-state index contributed by atoms with van der Waals surface area (Å²) in [7, 11) is 0. The van der Waals surface area contributed by atoms with Gasteiger partial charge in [-0.2, -0.15) is 0 Å². The minimum Gasteiger partial charge on any atom is -0.366 e. The molecule has 1 atom stereocenters. The molecule has 1 aromatic carbocycles. The smallest absolute Gasteiger partial charge is 0.239 e. The lowest BCUT2D eigenvalue weighted by Crippen LogP contribution is -2.52. The van der Waals surface area contributed by atoms with E-state index in [0.717, 1.165) is 12.1 Å². The number of hydrogen-bond acceptors (Lipinski definition) is 3. The second kappa shape index (κ2) is 5.52. The number of carbonyl (C=O) groups excluding carboxylic acids is 1. The van der Waals surface area contributed by atoms with Crippen LogP contribution in [0, 0.1) is 11.6 Å². The van der Waals surface area contributed by atoms with Crippen molar-refractivity contribution in [3.63, 3.8) is 0 Å². The summed E-state index contributed by atoms with van der Waals surface area (Å²) in [6.45, 7) is 3.52. The maximum absolute atomic E-state index is 13.6. The molecule has 19 heavy (non-hydrogen) atoms. The highest BCUT2D eigenvalue weighted by Gasteiger charge is 2.24. The second-order valence-corrected chi connectivity index (χ2v) is 4.70. The maximum Gasteiger partial charge on any atom is 0.239 e. The number of anilines is 1. The molecule has 6 heteroatoms. The van der Waals surface area contributed by atoms with E-state index in [0.29, 0.717) is 26.2 Å². The molecule has 4 nitrogen and oxygen atoms in total. The molecule has 0 bridgehead atoms. The van der Waals surface area contributed by atoms with Crippen molar-refractivity contribution in [3.05, 3.63) is 29.8 Å². The third-order valence-electron chi connectivity index (χ3n) is 3.23. The fraction of sp³-hybridized carbons (Fsp3) is 0.462. The molecule has 0 radical (unpaired) electrons. The normalized spacial score (nSPS) is 17.5. The van der Waals surface area contributed by atoms with Crippen LogP contribution in [0.2, 0.25) is 0 Å². The van der Waals surface area contributed by atoms with Crippen molar-refractivity contribution in [1.29, 1.82) is 0 Å². The van der Waals surface area contributed by atoms with E-state index in [-0.39, 0.29) is 11.6 Å². The topological polar surface area (TPSA) is 49.6 Å². The molecule has 0 spiro atoms. The predicted octanol–water partition coefficient (Wildman–Crippen LogP) is 0.961. The molecule has 1 amide bonds. The van der Waals surface area contributed by atoms with E-state index in [1.165, 1.54) is 6.07 Å². The van der Waals surface area contributed by atoms with E-state index in [9.17, 15) is 13.6 Å². The molecule has 1 saturated heterocycles. The Labute approximate surface area is 110 Å². The fourth-order valence-corrected chi connectivity index (χ4v) is 2.18. The number of rotatable bonds is 2. The van der Waals surface area contributed by atoms with Crippen LogP contribution in [-0.2, 0) is 4.79 Å². The monoisotopic (exact) mass is 269 g/mol.